The first-order valence-electron chi connectivity index (χ1n) is 4.90. The monoisotopic (exact) mass is 253 g/mol. The van der Waals surface area contributed by atoms with E-state index in [0.717, 1.165) is 6.20 Å². The molecule has 18 heavy (non-hydrogen) atoms. The van der Waals surface area contributed by atoms with Crippen molar-refractivity contribution in [2.75, 3.05) is 12.8 Å². The van der Waals surface area contributed by atoms with Gasteiger partial charge in [-0.25, -0.2) is 18.7 Å². The van der Waals surface area contributed by atoms with Crippen molar-refractivity contribution in [3.63, 3.8) is 0 Å². The van der Waals surface area contributed by atoms with Gasteiger partial charge in [0.1, 0.15) is 11.4 Å². The van der Waals surface area contributed by atoms with E-state index in [1.54, 1.807) is 0 Å². The molecule has 0 spiro atoms. The Hall–Kier alpha value is -2.38. The molecular formula is C10H9F2N5O. The lowest BCUT2D eigenvalue weighted by Gasteiger charge is -2.05. The minimum Gasteiger partial charge on any atom is -0.480 e. The van der Waals surface area contributed by atoms with Crippen LogP contribution in [0.15, 0.2) is 18.3 Å². The number of anilines is 1. The van der Waals surface area contributed by atoms with Gasteiger partial charge in [-0.15, -0.1) is 10.2 Å². The highest BCUT2D eigenvalue weighted by Gasteiger charge is 2.16. The van der Waals surface area contributed by atoms with Crippen LogP contribution in [0.2, 0.25) is 0 Å². The average molecular weight is 253 g/mol. The van der Waals surface area contributed by atoms with Crippen LogP contribution in [0, 0.1) is 0 Å². The predicted octanol–water partition coefficient (Wildman–Crippen LogP) is 1.46. The van der Waals surface area contributed by atoms with Crippen molar-refractivity contribution in [3.8, 4) is 17.4 Å². The van der Waals surface area contributed by atoms with E-state index in [1.165, 1.54) is 19.2 Å². The summed E-state index contributed by atoms with van der Waals surface area (Å²) in [5.41, 5.74) is 4.94. The Balaban J connectivity index is 2.41. The van der Waals surface area contributed by atoms with Crippen LogP contribution in [0.4, 0.5) is 14.5 Å². The summed E-state index contributed by atoms with van der Waals surface area (Å²) in [6.45, 7) is 0. The van der Waals surface area contributed by atoms with Crippen LogP contribution < -0.4 is 10.5 Å². The lowest BCUT2D eigenvalue weighted by molar-refractivity contribution is 0.147. The van der Waals surface area contributed by atoms with Gasteiger partial charge in [0.15, 0.2) is 5.82 Å². The lowest BCUT2D eigenvalue weighted by atomic mass is 10.3. The van der Waals surface area contributed by atoms with Gasteiger partial charge in [0.2, 0.25) is 5.88 Å². The van der Waals surface area contributed by atoms with Crippen LogP contribution in [0.1, 0.15) is 12.1 Å². The maximum absolute atomic E-state index is 12.6. The number of nitrogen functional groups attached to an aromatic ring is 1. The molecule has 0 saturated heterocycles. The summed E-state index contributed by atoms with van der Waals surface area (Å²) in [6.07, 6.45) is -1.65. The van der Waals surface area contributed by atoms with Gasteiger partial charge in [-0.1, -0.05) is 0 Å². The van der Waals surface area contributed by atoms with Crippen LogP contribution in [0.3, 0.4) is 0 Å². The summed E-state index contributed by atoms with van der Waals surface area (Å²) >= 11 is 0. The highest BCUT2D eigenvalue weighted by Crippen LogP contribution is 2.24. The maximum Gasteiger partial charge on any atom is 0.282 e. The second-order valence-electron chi connectivity index (χ2n) is 3.30. The molecule has 0 atom stereocenters. The van der Waals surface area contributed by atoms with Crippen molar-refractivity contribution >= 4 is 5.69 Å². The lowest BCUT2D eigenvalue weighted by Crippen LogP contribution is -2.03. The molecule has 2 aromatic heterocycles. The zero-order chi connectivity index (χ0) is 13.1. The first-order valence-corrected chi connectivity index (χ1v) is 4.90. The summed E-state index contributed by atoms with van der Waals surface area (Å²) < 4.78 is 30.1. The number of nitrogens with zero attached hydrogens (tertiary/aromatic N) is 4. The first-order chi connectivity index (χ1) is 8.61. The van der Waals surface area contributed by atoms with Crippen LogP contribution >= 0.6 is 0 Å². The van der Waals surface area contributed by atoms with E-state index < -0.39 is 12.1 Å². The number of methoxy groups -OCH3 is 1. The molecule has 0 aliphatic carbocycles. The van der Waals surface area contributed by atoms with Crippen molar-refractivity contribution in [3.05, 3.63) is 24.0 Å². The van der Waals surface area contributed by atoms with E-state index in [1.807, 2.05) is 0 Å². The molecule has 0 unspecified atom stereocenters. The van der Waals surface area contributed by atoms with Gasteiger partial charge in [-0.3, -0.25) is 0 Å². The number of nitrogens with two attached hydrogens (primary N) is 1. The summed E-state index contributed by atoms with van der Waals surface area (Å²) in [6, 6.07) is 3.05. The van der Waals surface area contributed by atoms with E-state index in [4.69, 9.17) is 10.5 Å². The Morgan fingerprint density at radius 1 is 1.28 bits per heavy atom. The number of ether oxygens (including phenoxy) is 1. The summed E-state index contributed by atoms with van der Waals surface area (Å²) in [7, 11) is 1.44. The minimum absolute atomic E-state index is 0.0367. The topological polar surface area (TPSA) is 86.8 Å². The van der Waals surface area contributed by atoms with Gasteiger partial charge >= 0.3 is 0 Å². The largest absolute Gasteiger partial charge is 0.480 e. The molecule has 0 aromatic carbocycles. The standard InChI is InChI=1S/C10H9F2N5O/c1-18-7-3-2-6(16-17-7)10-14-4-5(13)8(15-10)9(11)12/h2-4,9H,13H2,1H3. The SMILES string of the molecule is COc1ccc(-c2ncc(N)c(C(F)F)n2)nn1. The van der Waals surface area contributed by atoms with E-state index in [2.05, 4.69) is 20.2 Å². The molecule has 94 valence electrons. The zero-order valence-electron chi connectivity index (χ0n) is 9.34. The van der Waals surface area contributed by atoms with E-state index in [-0.39, 0.29) is 17.2 Å². The number of alkyl halides is 2. The number of rotatable bonds is 3. The molecule has 0 aliphatic rings. The molecule has 0 aliphatic heterocycles. The van der Waals surface area contributed by atoms with Crippen molar-refractivity contribution in [1.82, 2.24) is 20.2 Å². The van der Waals surface area contributed by atoms with E-state index >= 15 is 0 Å². The number of hydrogen-bond donors (Lipinski definition) is 1. The summed E-state index contributed by atoms with van der Waals surface area (Å²) in [4.78, 5) is 7.50. The van der Waals surface area contributed by atoms with Crippen LogP contribution in [0.25, 0.3) is 11.5 Å². The van der Waals surface area contributed by atoms with Gasteiger partial charge in [-0.2, -0.15) is 0 Å². The van der Waals surface area contributed by atoms with Gasteiger partial charge in [0.25, 0.3) is 6.43 Å². The molecule has 0 bridgehead atoms. The Labute approximate surface area is 101 Å². The quantitative estimate of drug-likeness (QED) is 0.891. The van der Waals surface area contributed by atoms with Crippen LogP contribution in [-0.4, -0.2) is 27.3 Å². The summed E-state index contributed by atoms with van der Waals surface area (Å²) in [5.74, 6) is 0.345. The fourth-order valence-electron chi connectivity index (χ4n) is 1.25. The molecule has 0 saturated carbocycles. The number of aromatic nitrogens is 4. The third kappa shape index (κ3) is 2.31. The zero-order valence-corrected chi connectivity index (χ0v) is 9.34. The molecule has 8 heteroatoms. The highest BCUT2D eigenvalue weighted by molar-refractivity contribution is 5.52. The smallest absolute Gasteiger partial charge is 0.282 e. The number of halogens is 2. The van der Waals surface area contributed by atoms with Gasteiger partial charge < -0.3 is 10.5 Å². The van der Waals surface area contributed by atoms with Crippen LogP contribution in [-0.2, 0) is 0 Å². The van der Waals surface area contributed by atoms with Gasteiger partial charge in [-0.05, 0) is 6.07 Å². The predicted molar refractivity (Wildman–Crippen MR) is 59.0 cm³/mol. The Morgan fingerprint density at radius 3 is 2.61 bits per heavy atom. The summed E-state index contributed by atoms with van der Waals surface area (Å²) in [5, 5.41) is 7.46. The molecule has 0 radical (unpaired) electrons. The van der Waals surface area contributed by atoms with Gasteiger partial charge in [0.05, 0.1) is 19.0 Å². The third-order valence-corrected chi connectivity index (χ3v) is 2.13. The molecular weight excluding hydrogens is 244 g/mol. The fraction of sp³-hybridized carbons (Fsp3) is 0.200. The molecule has 0 amide bonds. The minimum atomic E-state index is -2.77. The fourth-order valence-corrected chi connectivity index (χ4v) is 1.25. The Bertz CT molecular complexity index is 546. The second kappa shape index (κ2) is 4.86. The van der Waals surface area contributed by atoms with Crippen molar-refractivity contribution in [2.24, 2.45) is 0 Å². The average Bonchev–Trinajstić information content (AvgIpc) is 2.39. The highest BCUT2D eigenvalue weighted by atomic mass is 19.3. The maximum atomic E-state index is 12.6. The molecule has 2 rings (SSSR count). The van der Waals surface area contributed by atoms with E-state index in [9.17, 15) is 8.78 Å². The van der Waals surface area contributed by atoms with E-state index in [0.29, 0.717) is 5.88 Å². The Kier molecular flexibility index (Phi) is 3.26. The number of hydrogen-bond acceptors (Lipinski definition) is 6. The molecule has 2 N–H and O–H groups in total. The van der Waals surface area contributed by atoms with Crippen LogP contribution in [0.5, 0.6) is 5.88 Å². The first kappa shape index (κ1) is 12.1. The van der Waals surface area contributed by atoms with Crippen molar-refractivity contribution in [2.45, 2.75) is 6.43 Å². The molecule has 2 heterocycles. The Morgan fingerprint density at radius 2 is 2.06 bits per heavy atom. The second-order valence-corrected chi connectivity index (χ2v) is 3.30. The molecule has 6 nitrogen and oxygen atoms in total. The molecule has 2 aromatic rings. The van der Waals surface area contributed by atoms with Crippen molar-refractivity contribution in [1.29, 1.82) is 0 Å². The third-order valence-electron chi connectivity index (χ3n) is 2.13. The van der Waals surface area contributed by atoms with Gasteiger partial charge in [0, 0.05) is 6.07 Å². The normalized spacial score (nSPS) is 10.7. The van der Waals surface area contributed by atoms with Crippen molar-refractivity contribution < 1.29 is 13.5 Å². The molecule has 0 fully saturated rings.